The maximum Gasteiger partial charge on any atom is 0.0660 e. The molecule has 0 bridgehead atoms. The standard InChI is InChI=1S/C11H17NO/c1-11(9-13,12(2)3)10-7-5-4-6-8-10/h4-8,13H,9H2,1-3H3/t11-/m1/s1. The van der Waals surface area contributed by atoms with Crippen molar-refractivity contribution in [3.8, 4) is 0 Å². The van der Waals surface area contributed by atoms with Crippen molar-refractivity contribution in [1.29, 1.82) is 0 Å². The molecule has 2 nitrogen and oxygen atoms in total. The second-order valence-electron chi connectivity index (χ2n) is 3.69. The Hall–Kier alpha value is -0.860. The van der Waals surface area contributed by atoms with Gasteiger partial charge in [0.05, 0.1) is 12.1 Å². The van der Waals surface area contributed by atoms with Crippen molar-refractivity contribution in [2.45, 2.75) is 12.5 Å². The minimum absolute atomic E-state index is 0.129. The minimum Gasteiger partial charge on any atom is -0.394 e. The van der Waals surface area contributed by atoms with Gasteiger partial charge >= 0.3 is 0 Å². The minimum atomic E-state index is -0.277. The first-order valence-corrected chi connectivity index (χ1v) is 4.45. The first kappa shape index (κ1) is 10.2. The monoisotopic (exact) mass is 179 g/mol. The summed E-state index contributed by atoms with van der Waals surface area (Å²) in [6.07, 6.45) is 0. The van der Waals surface area contributed by atoms with Crippen LogP contribution in [0.5, 0.6) is 0 Å². The molecule has 1 aromatic rings. The summed E-state index contributed by atoms with van der Waals surface area (Å²) in [6.45, 7) is 2.16. The van der Waals surface area contributed by atoms with Crippen LogP contribution < -0.4 is 0 Å². The van der Waals surface area contributed by atoms with Crippen LogP contribution in [0.25, 0.3) is 0 Å². The van der Waals surface area contributed by atoms with Crippen LogP contribution in [0.4, 0.5) is 0 Å². The van der Waals surface area contributed by atoms with Crippen LogP contribution in [-0.4, -0.2) is 30.7 Å². The van der Waals surface area contributed by atoms with Crippen LogP contribution in [-0.2, 0) is 5.54 Å². The highest BCUT2D eigenvalue weighted by Crippen LogP contribution is 2.24. The molecule has 0 unspecified atom stereocenters. The molecule has 0 aliphatic rings. The molecule has 0 fully saturated rings. The molecular formula is C11H17NO. The maximum atomic E-state index is 9.37. The highest BCUT2D eigenvalue weighted by Gasteiger charge is 2.27. The lowest BCUT2D eigenvalue weighted by Crippen LogP contribution is -2.41. The van der Waals surface area contributed by atoms with E-state index in [0.717, 1.165) is 5.56 Å². The number of rotatable bonds is 3. The third-order valence-electron chi connectivity index (χ3n) is 2.69. The van der Waals surface area contributed by atoms with E-state index in [1.54, 1.807) is 0 Å². The number of nitrogens with zero attached hydrogens (tertiary/aromatic N) is 1. The lowest BCUT2D eigenvalue weighted by molar-refractivity contribution is 0.0826. The average molecular weight is 179 g/mol. The van der Waals surface area contributed by atoms with E-state index in [0.29, 0.717) is 0 Å². The van der Waals surface area contributed by atoms with E-state index in [4.69, 9.17) is 0 Å². The van der Waals surface area contributed by atoms with Crippen molar-refractivity contribution in [2.24, 2.45) is 0 Å². The molecule has 2 heteroatoms. The summed E-state index contributed by atoms with van der Waals surface area (Å²) in [5, 5.41) is 9.37. The molecule has 0 spiro atoms. The lowest BCUT2D eigenvalue weighted by Gasteiger charge is -2.35. The fraction of sp³-hybridized carbons (Fsp3) is 0.455. The zero-order valence-electron chi connectivity index (χ0n) is 8.49. The predicted octanol–water partition coefficient (Wildman–Crippen LogP) is 1.46. The third kappa shape index (κ3) is 1.90. The molecule has 0 aliphatic carbocycles. The normalized spacial score (nSPS) is 15.8. The fourth-order valence-corrected chi connectivity index (χ4v) is 1.29. The number of aliphatic hydroxyl groups is 1. The van der Waals surface area contributed by atoms with E-state index in [1.165, 1.54) is 0 Å². The Bertz CT molecular complexity index is 258. The van der Waals surface area contributed by atoms with Crippen molar-refractivity contribution < 1.29 is 5.11 Å². The van der Waals surface area contributed by atoms with Crippen molar-refractivity contribution in [1.82, 2.24) is 4.90 Å². The van der Waals surface area contributed by atoms with Crippen LogP contribution in [0, 0.1) is 0 Å². The van der Waals surface area contributed by atoms with Crippen LogP contribution in [0.3, 0.4) is 0 Å². The second-order valence-corrected chi connectivity index (χ2v) is 3.69. The van der Waals surface area contributed by atoms with Gasteiger partial charge in [0.1, 0.15) is 0 Å². The molecule has 0 aromatic heterocycles. The van der Waals surface area contributed by atoms with Gasteiger partial charge in [0.25, 0.3) is 0 Å². The van der Waals surface area contributed by atoms with Gasteiger partial charge in [0.15, 0.2) is 0 Å². The topological polar surface area (TPSA) is 23.5 Å². The van der Waals surface area contributed by atoms with Gasteiger partial charge in [-0.3, -0.25) is 4.90 Å². The molecule has 0 aliphatic heterocycles. The Balaban J connectivity index is 3.03. The Morgan fingerprint density at radius 2 is 1.77 bits per heavy atom. The Labute approximate surface area is 79.8 Å². The Kier molecular flexibility index (Phi) is 3.07. The van der Waals surface area contributed by atoms with E-state index >= 15 is 0 Å². The SMILES string of the molecule is CN(C)[C@](C)(CO)c1ccccc1. The van der Waals surface area contributed by atoms with Gasteiger partial charge in [0, 0.05) is 0 Å². The predicted molar refractivity (Wildman–Crippen MR) is 54.6 cm³/mol. The molecule has 1 N–H and O–H groups in total. The molecule has 0 amide bonds. The fourth-order valence-electron chi connectivity index (χ4n) is 1.29. The molecule has 72 valence electrons. The first-order valence-electron chi connectivity index (χ1n) is 4.45. The largest absolute Gasteiger partial charge is 0.394 e. The summed E-state index contributed by atoms with van der Waals surface area (Å²) in [6, 6.07) is 10.0. The van der Waals surface area contributed by atoms with E-state index < -0.39 is 0 Å². The molecule has 0 heterocycles. The number of hydrogen-bond donors (Lipinski definition) is 1. The average Bonchev–Trinajstić information content (AvgIpc) is 2.17. The molecule has 0 saturated heterocycles. The number of likely N-dealkylation sites (N-methyl/N-ethyl adjacent to an activating group) is 1. The molecule has 1 atom stereocenters. The highest BCUT2D eigenvalue weighted by atomic mass is 16.3. The summed E-state index contributed by atoms with van der Waals surface area (Å²) in [5.74, 6) is 0. The Morgan fingerprint density at radius 1 is 1.23 bits per heavy atom. The van der Waals surface area contributed by atoms with Gasteiger partial charge in [-0.15, -0.1) is 0 Å². The summed E-state index contributed by atoms with van der Waals surface area (Å²) < 4.78 is 0. The van der Waals surface area contributed by atoms with Crippen LogP contribution in [0.1, 0.15) is 12.5 Å². The zero-order chi connectivity index (χ0) is 9.90. The maximum absolute atomic E-state index is 9.37. The van der Waals surface area contributed by atoms with Crippen LogP contribution in [0.15, 0.2) is 30.3 Å². The van der Waals surface area contributed by atoms with Crippen molar-refractivity contribution in [2.75, 3.05) is 20.7 Å². The molecule has 0 radical (unpaired) electrons. The molecular weight excluding hydrogens is 162 g/mol. The van der Waals surface area contributed by atoms with E-state index in [2.05, 4.69) is 0 Å². The number of benzene rings is 1. The van der Waals surface area contributed by atoms with Crippen molar-refractivity contribution in [3.63, 3.8) is 0 Å². The van der Waals surface area contributed by atoms with Gasteiger partial charge in [0.2, 0.25) is 0 Å². The summed E-state index contributed by atoms with van der Waals surface area (Å²) in [5.41, 5.74) is 0.865. The van der Waals surface area contributed by atoms with Gasteiger partial charge in [-0.25, -0.2) is 0 Å². The Morgan fingerprint density at radius 3 is 2.15 bits per heavy atom. The first-order chi connectivity index (χ1) is 6.11. The molecule has 13 heavy (non-hydrogen) atoms. The van der Waals surface area contributed by atoms with Crippen molar-refractivity contribution in [3.05, 3.63) is 35.9 Å². The van der Waals surface area contributed by atoms with Gasteiger partial charge in [-0.2, -0.15) is 0 Å². The van der Waals surface area contributed by atoms with Crippen LogP contribution >= 0.6 is 0 Å². The summed E-state index contributed by atoms with van der Waals surface area (Å²) in [7, 11) is 3.95. The van der Waals surface area contributed by atoms with E-state index in [-0.39, 0.29) is 12.1 Å². The van der Waals surface area contributed by atoms with E-state index in [9.17, 15) is 5.11 Å². The summed E-state index contributed by atoms with van der Waals surface area (Å²) in [4.78, 5) is 2.03. The van der Waals surface area contributed by atoms with Crippen LogP contribution in [0.2, 0.25) is 0 Å². The number of aliphatic hydroxyl groups excluding tert-OH is 1. The van der Waals surface area contributed by atoms with Gasteiger partial charge in [-0.05, 0) is 26.6 Å². The zero-order valence-corrected chi connectivity index (χ0v) is 8.49. The van der Waals surface area contributed by atoms with Crippen molar-refractivity contribution >= 4 is 0 Å². The molecule has 0 saturated carbocycles. The van der Waals surface area contributed by atoms with Gasteiger partial charge in [-0.1, -0.05) is 30.3 Å². The highest BCUT2D eigenvalue weighted by molar-refractivity contribution is 5.23. The lowest BCUT2D eigenvalue weighted by atomic mass is 9.92. The van der Waals surface area contributed by atoms with E-state index in [1.807, 2.05) is 56.3 Å². The van der Waals surface area contributed by atoms with Gasteiger partial charge < -0.3 is 5.11 Å². The summed E-state index contributed by atoms with van der Waals surface area (Å²) >= 11 is 0. The third-order valence-corrected chi connectivity index (χ3v) is 2.69. The number of hydrogen-bond acceptors (Lipinski definition) is 2. The second kappa shape index (κ2) is 3.90. The quantitative estimate of drug-likeness (QED) is 0.759. The smallest absolute Gasteiger partial charge is 0.0660 e. The molecule has 1 aromatic carbocycles. The molecule has 1 rings (SSSR count).